The van der Waals surface area contributed by atoms with Gasteiger partial charge < -0.3 is 4.74 Å². The average molecular weight is 237 g/mol. The zero-order valence-corrected chi connectivity index (χ0v) is 9.55. The molecule has 1 rings (SSSR count). The molecule has 0 aromatic heterocycles. The molecule has 0 heterocycles. The van der Waals surface area contributed by atoms with E-state index in [1.54, 1.807) is 6.92 Å². The standard InChI is InChI=1S/C10H11Cl2FO/c1-3-14-5-7-4-8(13)10(12)6(2)9(7)11/h4H,3,5H2,1-2H3. The summed E-state index contributed by atoms with van der Waals surface area (Å²) in [6.45, 7) is 4.43. The molecule has 0 radical (unpaired) electrons. The van der Waals surface area contributed by atoms with Gasteiger partial charge in [0.05, 0.1) is 16.7 Å². The summed E-state index contributed by atoms with van der Waals surface area (Å²) < 4.78 is 18.4. The molecule has 0 unspecified atom stereocenters. The Kier molecular flexibility index (Phi) is 4.17. The van der Waals surface area contributed by atoms with Crippen molar-refractivity contribution in [3.05, 3.63) is 33.1 Å². The number of hydrogen-bond donors (Lipinski definition) is 0. The molecule has 0 N–H and O–H groups in total. The van der Waals surface area contributed by atoms with E-state index in [9.17, 15) is 4.39 Å². The van der Waals surface area contributed by atoms with Crippen molar-refractivity contribution in [1.82, 2.24) is 0 Å². The van der Waals surface area contributed by atoms with Gasteiger partial charge in [-0.25, -0.2) is 4.39 Å². The molecule has 0 bridgehead atoms. The first-order chi connectivity index (χ1) is 6.57. The molecule has 78 valence electrons. The fourth-order valence-electron chi connectivity index (χ4n) is 1.11. The van der Waals surface area contributed by atoms with Crippen LogP contribution in [0.4, 0.5) is 4.39 Å². The first kappa shape index (κ1) is 11.8. The van der Waals surface area contributed by atoms with Gasteiger partial charge in [-0.05, 0) is 31.0 Å². The van der Waals surface area contributed by atoms with Crippen LogP contribution in [0.25, 0.3) is 0 Å². The number of benzene rings is 1. The highest BCUT2D eigenvalue weighted by Gasteiger charge is 2.12. The average Bonchev–Trinajstić information content (AvgIpc) is 2.18. The first-order valence-corrected chi connectivity index (χ1v) is 5.04. The second kappa shape index (κ2) is 4.96. The van der Waals surface area contributed by atoms with Crippen molar-refractivity contribution < 1.29 is 9.13 Å². The van der Waals surface area contributed by atoms with E-state index in [1.807, 2.05) is 6.92 Å². The third kappa shape index (κ3) is 2.38. The minimum atomic E-state index is -0.455. The van der Waals surface area contributed by atoms with E-state index in [1.165, 1.54) is 6.07 Å². The molecular weight excluding hydrogens is 226 g/mol. The van der Waals surface area contributed by atoms with Gasteiger partial charge in [0.15, 0.2) is 0 Å². The summed E-state index contributed by atoms with van der Waals surface area (Å²) in [6.07, 6.45) is 0. The van der Waals surface area contributed by atoms with E-state index in [-0.39, 0.29) is 5.02 Å². The Morgan fingerprint density at radius 2 is 2.00 bits per heavy atom. The van der Waals surface area contributed by atoms with Crippen LogP contribution in [0.15, 0.2) is 6.07 Å². The summed E-state index contributed by atoms with van der Waals surface area (Å²) in [6, 6.07) is 1.31. The lowest BCUT2D eigenvalue weighted by Crippen LogP contribution is -1.96. The lowest BCUT2D eigenvalue weighted by Gasteiger charge is -2.09. The van der Waals surface area contributed by atoms with Gasteiger partial charge in [-0.15, -0.1) is 0 Å². The van der Waals surface area contributed by atoms with E-state index in [4.69, 9.17) is 27.9 Å². The van der Waals surface area contributed by atoms with Crippen molar-refractivity contribution in [2.75, 3.05) is 6.61 Å². The first-order valence-electron chi connectivity index (χ1n) is 4.28. The van der Waals surface area contributed by atoms with Gasteiger partial charge in [0.25, 0.3) is 0 Å². The molecule has 0 aliphatic heterocycles. The lowest BCUT2D eigenvalue weighted by atomic mass is 10.1. The van der Waals surface area contributed by atoms with Crippen LogP contribution < -0.4 is 0 Å². The molecule has 0 amide bonds. The molecule has 0 aliphatic carbocycles. The summed E-state index contributed by atoms with van der Waals surface area (Å²) >= 11 is 11.7. The van der Waals surface area contributed by atoms with Crippen molar-refractivity contribution in [1.29, 1.82) is 0 Å². The maximum absolute atomic E-state index is 13.2. The minimum Gasteiger partial charge on any atom is -0.377 e. The Labute approximate surface area is 92.8 Å². The number of rotatable bonds is 3. The second-order valence-electron chi connectivity index (χ2n) is 2.91. The van der Waals surface area contributed by atoms with Crippen LogP contribution in [0.2, 0.25) is 10.0 Å². The van der Waals surface area contributed by atoms with E-state index in [0.29, 0.717) is 29.4 Å². The summed E-state index contributed by atoms with van der Waals surface area (Å²) in [5, 5.41) is 0.556. The highest BCUT2D eigenvalue weighted by molar-refractivity contribution is 6.36. The largest absolute Gasteiger partial charge is 0.377 e. The fourth-order valence-corrected chi connectivity index (χ4v) is 1.51. The van der Waals surface area contributed by atoms with E-state index < -0.39 is 5.82 Å². The monoisotopic (exact) mass is 236 g/mol. The minimum absolute atomic E-state index is 0.0789. The van der Waals surface area contributed by atoms with Gasteiger partial charge >= 0.3 is 0 Å². The second-order valence-corrected chi connectivity index (χ2v) is 3.66. The normalized spacial score (nSPS) is 10.6. The summed E-state index contributed by atoms with van der Waals surface area (Å²) in [7, 11) is 0. The van der Waals surface area contributed by atoms with Crippen molar-refractivity contribution in [2.45, 2.75) is 20.5 Å². The Morgan fingerprint density at radius 3 is 2.57 bits per heavy atom. The summed E-state index contributed by atoms with van der Waals surface area (Å²) in [5.41, 5.74) is 1.19. The van der Waals surface area contributed by atoms with Crippen LogP contribution in [-0.2, 0) is 11.3 Å². The van der Waals surface area contributed by atoms with E-state index in [0.717, 1.165) is 0 Å². The van der Waals surface area contributed by atoms with Crippen LogP contribution in [0.1, 0.15) is 18.1 Å². The quantitative estimate of drug-likeness (QED) is 0.722. The maximum Gasteiger partial charge on any atom is 0.142 e. The molecule has 0 saturated heterocycles. The van der Waals surface area contributed by atoms with Gasteiger partial charge in [-0.2, -0.15) is 0 Å². The zero-order chi connectivity index (χ0) is 10.7. The van der Waals surface area contributed by atoms with Crippen molar-refractivity contribution in [3.63, 3.8) is 0 Å². The molecule has 0 spiro atoms. The van der Waals surface area contributed by atoms with Crippen LogP contribution in [0, 0.1) is 12.7 Å². The smallest absolute Gasteiger partial charge is 0.142 e. The van der Waals surface area contributed by atoms with Gasteiger partial charge in [-0.3, -0.25) is 0 Å². The fraction of sp³-hybridized carbons (Fsp3) is 0.400. The molecule has 1 aromatic rings. The van der Waals surface area contributed by atoms with Crippen molar-refractivity contribution in [3.8, 4) is 0 Å². The molecule has 0 fully saturated rings. The van der Waals surface area contributed by atoms with Crippen molar-refractivity contribution in [2.24, 2.45) is 0 Å². The molecule has 14 heavy (non-hydrogen) atoms. The highest BCUT2D eigenvalue weighted by Crippen LogP contribution is 2.30. The zero-order valence-electron chi connectivity index (χ0n) is 8.03. The van der Waals surface area contributed by atoms with Crippen LogP contribution >= 0.6 is 23.2 Å². The van der Waals surface area contributed by atoms with Crippen molar-refractivity contribution >= 4 is 23.2 Å². The Morgan fingerprint density at radius 1 is 1.36 bits per heavy atom. The summed E-state index contributed by atoms with van der Waals surface area (Å²) in [4.78, 5) is 0. The molecule has 4 heteroatoms. The molecule has 1 aromatic carbocycles. The van der Waals surface area contributed by atoms with Gasteiger partial charge in [0.1, 0.15) is 5.82 Å². The topological polar surface area (TPSA) is 9.23 Å². The van der Waals surface area contributed by atoms with Crippen LogP contribution in [-0.4, -0.2) is 6.61 Å². The number of ether oxygens (including phenoxy) is 1. The molecule has 0 aliphatic rings. The third-order valence-electron chi connectivity index (χ3n) is 1.91. The molecular formula is C10H11Cl2FO. The summed E-state index contributed by atoms with van der Waals surface area (Å²) in [5.74, 6) is -0.455. The molecule has 1 nitrogen and oxygen atoms in total. The van der Waals surface area contributed by atoms with E-state index >= 15 is 0 Å². The Balaban J connectivity index is 3.06. The van der Waals surface area contributed by atoms with E-state index in [2.05, 4.69) is 0 Å². The maximum atomic E-state index is 13.2. The number of halogens is 3. The van der Waals surface area contributed by atoms with Gasteiger partial charge in [0, 0.05) is 6.61 Å². The SMILES string of the molecule is CCOCc1cc(F)c(Cl)c(C)c1Cl. The highest BCUT2D eigenvalue weighted by atomic mass is 35.5. The predicted molar refractivity (Wildman–Crippen MR) is 56.5 cm³/mol. The number of hydrogen-bond acceptors (Lipinski definition) is 1. The Hall–Kier alpha value is -0.310. The van der Waals surface area contributed by atoms with Gasteiger partial charge in [0.2, 0.25) is 0 Å². The third-order valence-corrected chi connectivity index (χ3v) is 2.90. The van der Waals surface area contributed by atoms with Crippen LogP contribution in [0.3, 0.4) is 0 Å². The molecule has 0 atom stereocenters. The lowest BCUT2D eigenvalue weighted by molar-refractivity contribution is 0.134. The van der Waals surface area contributed by atoms with Gasteiger partial charge in [-0.1, -0.05) is 23.2 Å². The predicted octanol–water partition coefficient (Wildman–Crippen LogP) is 3.98. The molecule has 0 saturated carbocycles. The van der Waals surface area contributed by atoms with Crippen LogP contribution in [0.5, 0.6) is 0 Å². The Bertz CT molecular complexity index is 339.